The Morgan fingerprint density at radius 2 is 1.79 bits per heavy atom. The van der Waals surface area contributed by atoms with Gasteiger partial charge in [-0.1, -0.05) is 48.2 Å². The van der Waals surface area contributed by atoms with Gasteiger partial charge in [-0.3, -0.25) is 14.5 Å². The molecule has 0 aromatic heterocycles. The number of nitrogens with one attached hydrogen (secondary N) is 1. The van der Waals surface area contributed by atoms with Crippen molar-refractivity contribution < 1.29 is 18.0 Å². The summed E-state index contributed by atoms with van der Waals surface area (Å²) in [6.45, 7) is 2.95. The number of rotatable bonds is 5. The summed E-state index contributed by atoms with van der Waals surface area (Å²) in [4.78, 5) is 28.5. The van der Waals surface area contributed by atoms with E-state index in [4.69, 9.17) is 11.6 Å². The molecule has 9 heteroatoms. The minimum Gasteiger partial charge on any atom is -0.351 e. The SMILES string of the molecule is Cc1ccc(S(=O)(=O)N2CC(=O)N(c3cccc(Cl)c3)[C@@](C)(C(=O)NC3CCCC3)C2)cc1. The van der Waals surface area contributed by atoms with Gasteiger partial charge in [-0.15, -0.1) is 0 Å². The van der Waals surface area contributed by atoms with Crippen LogP contribution in [0.1, 0.15) is 38.2 Å². The zero-order chi connectivity index (χ0) is 23.8. The van der Waals surface area contributed by atoms with Crippen molar-refractivity contribution >= 4 is 39.1 Å². The van der Waals surface area contributed by atoms with Crippen LogP contribution in [0.2, 0.25) is 5.02 Å². The molecule has 1 saturated heterocycles. The fraction of sp³-hybridized carbons (Fsp3) is 0.417. The van der Waals surface area contributed by atoms with Gasteiger partial charge >= 0.3 is 0 Å². The van der Waals surface area contributed by atoms with Crippen LogP contribution in [0.5, 0.6) is 0 Å². The molecule has 2 aromatic rings. The number of piperazine rings is 1. The monoisotopic (exact) mass is 489 g/mol. The molecule has 1 heterocycles. The van der Waals surface area contributed by atoms with Gasteiger partial charge in [0.1, 0.15) is 5.54 Å². The number of amides is 2. The second kappa shape index (κ2) is 9.08. The number of carbonyl (C=O) groups is 2. The summed E-state index contributed by atoms with van der Waals surface area (Å²) in [5.41, 5.74) is -0.0547. The topological polar surface area (TPSA) is 86.8 Å². The second-order valence-corrected chi connectivity index (χ2v) is 11.4. The molecule has 0 spiro atoms. The number of anilines is 1. The molecule has 176 valence electrons. The van der Waals surface area contributed by atoms with Crippen LogP contribution in [0.15, 0.2) is 53.4 Å². The van der Waals surface area contributed by atoms with Gasteiger partial charge in [0, 0.05) is 23.3 Å². The molecule has 1 atom stereocenters. The highest BCUT2D eigenvalue weighted by Gasteiger charge is 2.51. The third kappa shape index (κ3) is 4.65. The van der Waals surface area contributed by atoms with E-state index in [1.165, 1.54) is 17.0 Å². The van der Waals surface area contributed by atoms with E-state index >= 15 is 0 Å². The van der Waals surface area contributed by atoms with E-state index in [1.54, 1.807) is 43.3 Å². The van der Waals surface area contributed by atoms with Gasteiger partial charge in [0.2, 0.25) is 21.8 Å². The van der Waals surface area contributed by atoms with Crippen LogP contribution in [0, 0.1) is 6.92 Å². The second-order valence-electron chi connectivity index (χ2n) is 9.02. The number of aryl methyl sites for hydroxylation is 1. The van der Waals surface area contributed by atoms with Crippen LogP contribution in [0.25, 0.3) is 0 Å². The molecule has 7 nitrogen and oxygen atoms in total. The van der Waals surface area contributed by atoms with Crippen molar-refractivity contribution in [3.63, 3.8) is 0 Å². The van der Waals surface area contributed by atoms with Gasteiger partial charge in [-0.05, 0) is 57.0 Å². The van der Waals surface area contributed by atoms with Gasteiger partial charge in [0.25, 0.3) is 0 Å². The first-order valence-electron chi connectivity index (χ1n) is 11.1. The number of carbonyl (C=O) groups excluding carboxylic acids is 2. The third-order valence-corrected chi connectivity index (χ3v) is 8.48. The molecule has 2 amide bonds. The van der Waals surface area contributed by atoms with Crippen molar-refractivity contribution in [3.05, 3.63) is 59.1 Å². The summed E-state index contributed by atoms with van der Waals surface area (Å²) in [6, 6.07) is 13.2. The Hall–Kier alpha value is -2.42. The lowest BCUT2D eigenvalue weighted by molar-refractivity contribution is -0.133. The van der Waals surface area contributed by atoms with Crippen LogP contribution < -0.4 is 10.2 Å². The number of hydrogen-bond acceptors (Lipinski definition) is 4. The molecule has 0 radical (unpaired) electrons. The Labute approximate surface area is 199 Å². The quantitative estimate of drug-likeness (QED) is 0.696. The first kappa shape index (κ1) is 23.7. The highest BCUT2D eigenvalue weighted by atomic mass is 35.5. The highest BCUT2D eigenvalue weighted by molar-refractivity contribution is 7.89. The molecular formula is C24H28ClN3O4S. The maximum atomic E-state index is 13.6. The summed E-state index contributed by atoms with van der Waals surface area (Å²) in [6.07, 6.45) is 3.82. The molecule has 2 fully saturated rings. The molecule has 2 aromatic carbocycles. The summed E-state index contributed by atoms with van der Waals surface area (Å²) in [7, 11) is -3.98. The van der Waals surface area contributed by atoms with Gasteiger partial charge in [0.05, 0.1) is 11.4 Å². The van der Waals surface area contributed by atoms with E-state index in [2.05, 4.69) is 5.32 Å². The number of benzene rings is 2. The molecule has 0 unspecified atom stereocenters. The van der Waals surface area contributed by atoms with E-state index in [-0.39, 0.29) is 29.9 Å². The minimum atomic E-state index is -3.98. The molecule has 0 bridgehead atoms. The van der Waals surface area contributed by atoms with Crippen molar-refractivity contribution in [2.75, 3.05) is 18.0 Å². The Kier molecular flexibility index (Phi) is 6.53. The maximum Gasteiger partial charge on any atom is 0.247 e. The summed E-state index contributed by atoms with van der Waals surface area (Å²) in [5, 5.41) is 3.48. The lowest BCUT2D eigenvalue weighted by atomic mass is 9.94. The molecule has 33 heavy (non-hydrogen) atoms. The fourth-order valence-corrected chi connectivity index (χ4v) is 6.29. The molecule has 1 saturated carbocycles. The highest BCUT2D eigenvalue weighted by Crippen LogP contribution is 2.34. The van der Waals surface area contributed by atoms with Crippen LogP contribution in [-0.2, 0) is 19.6 Å². The van der Waals surface area contributed by atoms with Crippen LogP contribution in [0.3, 0.4) is 0 Å². The molecular weight excluding hydrogens is 462 g/mol. The number of halogens is 1. The number of hydrogen-bond donors (Lipinski definition) is 1. The largest absolute Gasteiger partial charge is 0.351 e. The Bertz CT molecular complexity index is 1160. The standard InChI is InChI=1S/C24H28ClN3O4S/c1-17-10-12-21(13-11-17)33(31,32)27-15-22(29)28(20-9-5-6-18(25)14-20)24(2,16-27)23(30)26-19-7-3-4-8-19/h5-6,9-14,19H,3-4,7-8,15-16H2,1-2H3,(H,26,30)/t24-/m1/s1. The maximum absolute atomic E-state index is 13.6. The zero-order valence-corrected chi connectivity index (χ0v) is 20.3. The van der Waals surface area contributed by atoms with Crippen LogP contribution in [-0.4, -0.2) is 49.2 Å². The predicted molar refractivity (Wildman–Crippen MR) is 128 cm³/mol. The Morgan fingerprint density at radius 3 is 2.42 bits per heavy atom. The van der Waals surface area contributed by atoms with E-state index in [1.807, 2.05) is 6.92 Å². The normalized spacial score (nSPS) is 22.5. The summed E-state index contributed by atoms with van der Waals surface area (Å²) in [5.74, 6) is -0.852. The lowest BCUT2D eigenvalue weighted by Gasteiger charge is -2.47. The minimum absolute atomic E-state index is 0.0229. The molecule has 1 N–H and O–H groups in total. The van der Waals surface area contributed by atoms with E-state index in [0.29, 0.717) is 10.7 Å². The molecule has 4 rings (SSSR count). The van der Waals surface area contributed by atoms with Gasteiger partial charge in [-0.25, -0.2) is 8.42 Å². The zero-order valence-electron chi connectivity index (χ0n) is 18.8. The predicted octanol–water partition coefficient (Wildman–Crippen LogP) is 3.50. The fourth-order valence-electron chi connectivity index (χ4n) is 4.62. The van der Waals surface area contributed by atoms with Gasteiger partial charge in [0.15, 0.2) is 0 Å². The molecule has 1 aliphatic heterocycles. The average molecular weight is 490 g/mol. The average Bonchev–Trinajstić information content (AvgIpc) is 3.26. The van der Waals surface area contributed by atoms with Crippen molar-refractivity contribution in [2.45, 2.75) is 56.0 Å². The lowest BCUT2D eigenvalue weighted by Crippen LogP contribution is -2.70. The van der Waals surface area contributed by atoms with Crippen molar-refractivity contribution in [1.82, 2.24) is 9.62 Å². The smallest absolute Gasteiger partial charge is 0.247 e. The first-order chi connectivity index (χ1) is 15.6. The van der Waals surface area contributed by atoms with Crippen LogP contribution in [0.4, 0.5) is 5.69 Å². The van der Waals surface area contributed by atoms with Gasteiger partial charge in [-0.2, -0.15) is 4.31 Å². The van der Waals surface area contributed by atoms with E-state index < -0.39 is 21.5 Å². The van der Waals surface area contributed by atoms with E-state index in [0.717, 1.165) is 35.6 Å². The third-order valence-electron chi connectivity index (χ3n) is 6.44. The Balaban J connectivity index is 1.73. The van der Waals surface area contributed by atoms with Crippen molar-refractivity contribution in [3.8, 4) is 0 Å². The number of sulfonamides is 1. The number of nitrogens with zero attached hydrogens (tertiary/aromatic N) is 2. The van der Waals surface area contributed by atoms with E-state index in [9.17, 15) is 18.0 Å². The first-order valence-corrected chi connectivity index (χ1v) is 12.9. The van der Waals surface area contributed by atoms with Crippen molar-refractivity contribution in [2.24, 2.45) is 0 Å². The van der Waals surface area contributed by atoms with Crippen LogP contribution >= 0.6 is 11.6 Å². The molecule has 1 aliphatic carbocycles. The molecule has 2 aliphatic rings. The Morgan fingerprint density at radius 1 is 1.12 bits per heavy atom. The van der Waals surface area contributed by atoms with Gasteiger partial charge < -0.3 is 5.32 Å². The summed E-state index contributed by atoms with van der Waals surface area (Å²) < 4.78 is 27.9. The summed E-state index contributed by atoms with van der Waals surface area (Å²) >= 11 is 6.17. The van der Waals surface area contributed by atoms with Crippen molar-refractivity contribution in [1.29, 1.82) is 0 Å².